The van der Waals surface area contributed by atoms with Gasteiger partial charge >= 0.3 is 6.18 Å². The largest absolute Gasteiger partial charge is 0.416 e. The summed E-state index contributed by atoms with van der Waals surface area (Å²) in [5, 5.41) is 0. The molecule has 5 heteroatoms. The van der Waals surface area contributed by atoms with Gasteiger partial charge in [0.25, 0.3) is 0 Å². The number of methoxy groups -OCH3 is 1. The van der Waals surface area contributed by atoms with Crippen molar-refractivity contribution in [2.45, 2.75) is 39.5 Å². The third-order valence-corrected chi connectivity index (χ3v) is 1.19. The van der Waals surface area contributed by atoms with Crippen molar-refractivity contribution < 1.29 is 22.7 Å². The number of hydrogen-bond acceptors (Lipinski definition) is 2. The van der Waals surface area contributed by atoms with Crippen molar-refractivity contribution in [3.63, 3.8) is 0 Å². The SMILES string of the molecule is CC(C)=O.COC(C)(C)C(F)(F)F. The fourth-order valence-corrected chi connectivity index (χ4v) is 0.116. The fourth-order valence-electron chi connectivity index (χ4n) is 0.116. The molecular weight excluding hydrogens is 185 g/mol. The Labute approximate surface area is 76.1 Å². The van der Waals surface area contributed by atoms with Gasteiger partial charge in [-0.25, -0.2) is 0 Å². The summed E-state index contributed by atoms with van der Waals surface area (Å²) in [5.41, 5.74) is -2.02. The molecule has 0 aliphatic rings. The molecule has 0 rings (SSSR count). The lowest BCUT2D eigenvalue weighted by Crippen LogP contribution is -2.40. The molecule has 0 radical (unpaired) electrons. The van der Waals surface area contributed by atoms with Crippen molar-refractivity contribution in [3.05, 3.63) is 0 Å². The van der Waals surface area contributed by atoms with Crippen LogP contribution in [0.25, 0.3) is 0 Å². The molecule has 0 aromatic heterocycles. The summed E-state index contributed by atoms with van der Waals surface area (Å²) in [6, 6.07) is 0. The summed E-state index contributed by atoms with van der Waals surface area (Å²) in [6.07, 6.45) is -4.28. The van der Waals surface area contributed by atoms with E-state index in [9.17, 15) is 18.0 Å². The lowest BCUT2D eigenvalue weighted by molar-refractivity contribution is -0.255. The molecule has 13 heavy (non-hydrogen) atoms. The minimum Gasteiger partial charge on any atom is -0.369 e. The number of Topliss-reactive ketones (excluding diaryl/α,β-unsaturated/α-hetero) is 1. The molecule has 0 bridgehead atoms. The van der Waals surface area contributed by atoms with Crippen molar-refractivity contribution >= 4 is 5.78 Å². The average Bonchev–Trinajstić information content (AvgIpc) is 1.84. The van der Waals surface area contributed by atoms with Crippen LogP contribution in [0.4, 0.5) is 13.2 Å². The molecule has 0 heterocycles. The molecule has 0 amide bonds. The van der Waals surface area contributed by atoms with E-state index in [-0.39, 0.29) is 5.78 Å². The van der Waals surface area contributed by atoms with E-state index < -0.39 is 11.8 Å². The third-order valence-electron chi connectivity index (χ3n) is 1.19. The highest BCUT2D eigenvalue weighted by molar-refractivity contribution is 5.72. The maximum absolute atomic E-state index is 11.7. The minimum absolute atomic E-state index is 0.167. The van der Waals surface area contributed by atoms with E-state index in [4.69, 9.17) is 0 Å². The van der Waals surface area contributed by atoms with Gasteiger partial charge in [-0.1, -0.05) is 0 Å². The van der Waals surface area contributed by atoms with E-state index in [0.717, 1.165) is 21.0 Å². The molecular formula is C8H15F3O2. The molecule has 0 spiro atoms. The lowest BCUT2D eigenvalue weighted by atomic mass is 10.1. The Bertz CT molecular complexity index is 157. The standard InChI is InChI=1S/C5H9F3O.C3H6O/c1-4(2,9-3)5(6,7)8;1-3(2)4/h1-3H3;1-2H3. The molecule has 0 saturated carbocycles. The topological polar surface area (TPSA) is 26.3 Å². The van der Waals surface area contributed by atoms with Gasteiger partial charge in [-0.15, -0.1) is 0 Å². The van der Waals surface area contributed by atoms with Crippen molar-refractivity contribution in [1.29, 1.82) is 0 Å². The van der Waals surface area contributed by atoms with Gasteiger partial charge in [-0.05, 0) is 27.7 Å². The maximum atomic E-state index is 11.7. The van der Waals surface area contributed by atoms with Crippen molar-refractivity contribution in [3.8, 4) is 0 Å². The highest BCUT2D eigenvalue weighted by Gasteiger charge is 2.47. The van der Waals surface area contributed by atoms with Crippen LogP contribution in [0.3, 0.4) is 0 Å². The van der Waals surface area contributed by atoms with Crippen molar-refractivity contribution in [2.24, 2.45) is 0 Å². The summed E-state index contributed by atoms with van der Waals surface area (Å²) in [6.45, 7) is 5.01. The van der Waals surface area contributed by atoms with E-state index in [1.165, 1.54) is 13.8 Å². The highest BCUT2D eigenvalue weighted by Crippen LogP contribution is 2.31. The van der Waals surface area contributed by atoms with Crippen LogP contribution in [-0.4, -0.2) is 24.7 Å². The molecule has 0 aromatic rings. The first-order valence-electron chi connectivity index (χ1n) is 3.63. The second-order valence-corrected chi connectivity index (χ2v) is 3.12. The number of hydrogen-bond donors (Lipinski definition) is 0. The molecule has 0 fully saturated rings. The van der Waals surface area contributed by atoms with Crippen LogP contribution >= 0.6 is 0 Å². The number of ether oxygens (including phenoxy) is 1. The lowest BCUT2D eigenvalue weighted by Gasteiger charge is -2.25. The van der Waals surface area contributed by atoms with E-state index in [1.807, 2.05) is 0 Å². The van der Waals surface area contributed by atoms with Crippen LogP contribution in [0.5, 0.6) is 0 Å². The predicted molar refractivity (Wildman–Crippen MR) is 43.5 cm³/mol. The zero-order valence-electron chi connectivity index (χ0n) is 8.45. The van der Waals surface area contributed by atoms with Crippen LogP contribution in [-0.2, 0) is 9.53 Å². The number of carbonyl (C=O) groups is 1. The first kappa shape index (κ1) is 14.9. The average molecular weight is 200 g/mol. The van der Waals surface area contributed by atoms with Crippen LogP contribution in [0.15, 0.2) is 0 Å². The molecule has 0 saturated heterocycles. The fraction of sp³-hybridized carbons (Fsp3) is 0.875. The number of halogens is 3. The molecule has 0 aromatic carbocycles. The Balaban J connectivity index is 0. The van der Waals surface area contributed by atoms with Gasteiger partial charge in [-0.2, -0.15) is 13.2 Å². The zero-order chi connectivity index (χ0) is 11.3. The van der Waals surface area contributed by atoms with Gasteiger partial charge in [0, 0.05) is 7.11 Å². The van der Waals surface area contributed by atoms with Gasteiger partial charge < -0.3 is 9.53 Å². The maximum Gasteiger partial charge on any atom is 0.416 e. The minimum atomic E-state index is -4.28. The molecule has 0 aliphatic heterocycles. The highest BCUT2D eigenvalue weighted by atomic mass is 19.4. The van der Waals surface area contributed by atoms with Crippen LogP contribution in [0, 0.1) is 0 Å². The molecule has 0 atom stereocenters. The summed E-state index contributed by atoms with van der Waals surface area (Å²) >= 11 is 0. The van der Waals surface area contributed by atoms with Crippen LogP contribution < -0.4 is 0 Å². The van der Waals surface area contributed by atoms with Crippen LogP contribution in [0.1, 0.15) is 27.7 Å². The van der Waals surface area contributed by atoms with E-state index in [0.29, 0.717) is 0 Å². The predicted octanol–water partition coefficient (Wildman–Crippen LogP) is 2.57. The van der Waals surface area contributed by atoms with Gasteiger partial charge in [0.2, 0.25) is 0 Å². The van der Waals surface area contributed by atoms with Crippen molar-refractivity contribution in [1.82, 2.24) is 0 Å². The molecule has 0 N–H and O–H groups in total. The smallest absolute Gasteiger partial charge is 0.369 e. The monoisotopic (exact) mass is 200 g/mol. The van der Waals surface area contributed by atoms with Gasteiger partial charge in [0.1, 0.15) is 5.78 Å². The van der Waals surface area contributed by atoms with Gasteiger partial charge in [0.15, 0.2) is 5.60 Å². The van der Waals surface area contributed by atoms with E-state index >= 15 is 0 Å². The normalized spacial score (nSPS) is 11.7. The number of ketones is 1. The van der Waals surface area contributed by atoms with E-state index in [2.05, 4.69) is 4.74 Å². The van der Waals surface area contributed by atoms with Crippen molar-refractivity contribution in [2.75, 3.05) is 7.11 Å². The summed E-state index contributed by atoms with van der Waals surface area (Å²) in [5.74, 6) is 0.167. The quantitative estimate of drug-likeness (QED) is 0.650. The second kappa shape index (κ2) is 5.21. The van der Waals surface area contributed by atoms with Gasteiger partial charge in [0.05, 0.1) is 0 Å². The molecule has 0 unspecified atom stereocenters. The Morgan fingerprint density at radius 3 is 1.38 bits per heavy atom. The number of alkyl halides is 3. The Morgan fingerprint density at radius 1 is 1.15 bits per heavy atom. The first-order valence-corrected chi connectivity index (χ1v) is 3.63. The number of rotatable bonds is 1. The van der Waals surface area contributed by atoms with E-state index in [1.54, 1.807) is 0 Å². The number of carbonyl (C=O) groups excluding carboxylic acids is 1. The summed E-state index contributed by atoms with van der Waals surface area (Å²) in [7, 11) is 1.04. The van der Waals surface area contributed by atoms with Gasteiger partial charge in [-0.3, -0.25) is 0 Å². The zero-order valence-corrected chi connectivity index (χ0v) is 8.45. The Morgan fingerprint density at radius 2 is 1.38 bits per heavy atom. The van der Waals surface area contributed by atoms with Crippen LogP contribution in [0.2, 0.25) is 0 Å². The summed E-state index contributed by atoms with van der Waals surface area (Å²) in [4.78, 5) is 9.44. The second-order valence-electron chi connectivity index (χ2n) is 3.12. The molecule has 0 aliphatic carbocycles. The Kier molecular flexibility index (Phi) is 5.98. The third kappa shape index (κ3) is 7.77. The molecule has 80 valence electrons. The first-order chi connectivity index (χ1) is 5.54. The molecule has 2 nitrogen and oxygen atoms in total. The Hall–Kier alpha value is -0.580. The summed E-state index contributed by atoms with van der Waals surface area (Å²) < 4.78 is 39.3.